The van der Waals surface area contributed by atoms with Crippen LogP contribution >= 0.6 is 7.82 Å². The van der Waals surface area contributed by atoms with Gasteiger partial charge in [-0.2, -0.15) is 0 Å². The number of rotatable bonds is 8. The lowest BCUT2D eigenvalue weighted by atomic mass is 10.3. The highest BCUT2D eigenvalue weighted by Gasteiger charge is 2.22. The first kappa shape index (κ1) is 16.2. The summed E-state index contributed by atoms with van der Waals surface area (Å²) in [6, 6.07) is 6.06. The number of benzene rings is 1. The fourth-order valence-corrected chi connectivity index (χ4v) is 1.90. The van der Waals surface area contributed by atoms with Crippen molar-refractivity contribution in [2.24, 2.45) is 0 Å². The second-order valence-corrected chi connectivity index (χ2v) is 4.82. The second-order valence-electron chi connectivity index (χ2n) is 3.44. The lowest BCUT2D eigenvalue weighted by Crippen LogP contribution is -2.08. The Labute approximate surface area is 116 Å². The normalized spacial score (nSPS) is 13.1. The SMILES string of the molecule is C=CC(=O)OCCOP(=O)(O)Oc1ccc(OC)cc1. The highest BCUT2D eigenvalue weighted by molar-refractivity contribution is 7.47. The van der Waals surface area contributed by atoms with Crippen molar-refractivity contribution < 1.29 is 32.8 Å². The van der Waals surface area contributed by atoms with Crippen molar-refractivity contribution in [3.05, 3.63) is 36.9 Å². The Hall–Kier alpha value is -1.82. The summed E-state index contributed by atoms with van der Waals surface area (Å²) in [6.45, 7) is 2.75. The first-order chi connectivity index (χ1) is 9.46. The summed E-state index contributed by atoms with van der Waals surface area (Å²) in [5.74, 6) is 0.0968. The molecule has 8 heteroatoms. The van der Waals surface area contributed by atoms with Crippen LogP contribution in [0, 0.1) is 0 Å². The van der Waals surface area contributed by atoms with E-state index in [1.54, 1.807) is 12.1 Å². The molecule has 1 unspecified atom stereocenters. The van der Waals surface area contributed by atoms with Crippen molar-refractivity contribution in [2.75, 3.05) is 20.3 Å². The van der Waals surface area contributed by atoms with Gasteiger partial charge in [-0.1, -0.05) is 6.58 Å². The molecule has 0 aliphatic heterocycles. The minimum absolute atomic E-state index is 0.153. The van der Waals surface area contributed by atoms with E-state index in [0.717, 1.165) is 6.08 Å². The summed E-state index contributed by atoms with van der Waals surface area (Å²) in [7, 11) is -2.76. The zero-order chi connectivity index (χ0) is 15.0. The largest absolute Gasteiger partial charge is 0.527 e. The lowest BCUT2D eigenvalue weighted by molar-refractivity contribution is -0.138. The van der Waals surface area contributed by atoms with Crippen LogP contribution in [0.3, 0.4) is 0 Å². The zero-order valence-corrected chi connectivity index (χ0v) is 11.7. The van der Waals surface area contributed by atoms with E-state index in [9.17, 15) is 14.3 Å². The first-order valence-corrected chi connectivity index (χ1v) is 7.06. The van der Waals surface area contributed by atoms with Crippen LogP contribution in [0.25, 0.3) is 0 Å². The number of ether oxygens (including phenoxy) is 2. The molecule has 0 aromatic heterocycles. The summed E-state index contributed by atoms with van der Waals surface area (Å²) >= 11 is 0. The number of hydrogen-bond acceptors (Lipinski definition) is 6. The zero-order valence-electron chi connectivity index (χ0n) is 10.9. The van der Waals surface area contributed by atoms with Crippen LogP contribution in [0.2, 0.25) is 0 Å². The number of phosphoric acid groups is 1. The Morgan fingerprint density at radius 2 is 1.90 bits per heavy atom. The first-order valence-electron chi connectivity index (χ1n) is 5.57. The molecule has 0 saturated carbocycles. The Kier molecular flexibility index (Phi) is 6.24. The molecule has 0 amide bonds. The second kappa shape index (κ2) is 7.69. The van der Waals surface area contributed by atoms with Gasteiger partial charge in [-0.05, 0) is 24.3 Å². The van der Waals surface area contributed by atoms with E-state index < -0.39 is 13.8 Å². The third-order valence-corrected chi connectivity index (χ3v) is 2.98. The van der Waals surface area contributed by atoms with Crippen molar-refractivity contribution in [1.29, 1.82) is 0 Å². The van der Waals surface area contributed by atoms with E-state index in [1.165, 1.54) is 19.2 Å². The maximum absolute atomic E-state index is 11.6. The quantitative estimate of drug-likeness (QED) is 0.339. The summed E-state index contributed by atoms with van der Waals surface area (Å²) in [5.41, 5.74) is 0. The van der Waals surface area contributed by atoms with Gasteiger partial charge in [0, 0.05) is 6.08 Å². The molecule has 1 aromatic rings. The van der Waals surface area contributed by atoms with E-state index in [4.69, 9.17) is 9.26 Å². The molecule has 0 fully saturated rings. The molecule has 20 heavy (non-hydrogen) atoms. The highest BCUT2D eigenvalue weighted by atomic mass is 31.2. The molecule has 0 heterocycles. The average molecular weight is 302 g/mol. The van der Waals surface area contributed by atoms with E-state index >= 15 is 0 Å². The number of carbonyl (C=O) groups excluding carboxylic acids is 1. The van der Waals surface area contributed by atoms with Crippen molar-refractivity contribution in [1.82, 2.24) is 0 Å². The van der Waals surface area contributed by atoms with Crippen LogP contribution in [-0.2, 0) is 18.6 Å². The van der Waals surface area contributed by atoms with E-state index in [2.05, 4.69) is 15.8 Å². The molecule has 0 aliphatic carbocycles. The van der Waals surface area contributed by atoms with Crippen molar-refractivity contribution in [2.45, 2.75) is 0 Å². The smallest absolute Gasteiger partial charge is 0.497 e. The molecule has 0 spiro atoms. The molecule has 0 radical (unpaired) electrons. The van der Waals surface area contributed by atoms with Crippen LogP contribution in [0.4, 0.5) is 0 Å². The summed E-state index contributed by atoms with van der Waals surface area (Å²) in [5, 5.41) is 0. The molecule has 0 bridgehead atoms. The van der Waals surface area contributed by atoms with Gasteiger partial charge in [-0.3, -0.25) is 9.42 Å². The fourth-order valence-electron chi connectivity index (χ4n) is 1.15. The van der Waals surface area contributed by atoms with Gasteiger partial charge >= 0.3 is 13.8 Å². The highest BCUT2D eigenvalue weighted by Crippen LogP contribution is 2.43. The molecule has 0 aliphatic rings. The predicted molar refractivity (Wildman–Crippen MR) is 70.6 cm³/mol. The molecule has 0 saturated heterocycles. The third kappa shape index (κ3) is 5.88. The molecule has 1 N–H and O–H groups in total. The minimum Gasteiger partial charge on any atom is -0.497 e. The van der Waals surface area contributed by atoms with Gasteiger partial charge < -0.3 is 14.0 Å². The number of carbonyl (C=O) groups is 1. The Bertz CT molecular complexity index is 497. The Morgan fingerprint density at radius 3 is 2.45 bits per heavy atom. The van der Waals surface area contributed by atoms with Gasteiger partial charge in [0.25, 0.3) is 0 Å². The standard InChI is InChI=1S/C12H15O7P/c1-3-12(13)17-8-9-18-20(14,15)19-11-6-4-10(16-2)5-7-11/h3-7H,1,8-9H2,2H3,(H,14,15). The molecule has 7 nitrogen and oxygen atoms in total. The van der Waals surface area contributed by atoms with Crippen LogP contribution in [0.15, 0.2) is 36.9 Å². The monoisotopic (exact) mass is 302 g/mol. The van der Waals surface area contributed by atoms with Crippen LogP contribution in [0.5, 0.6) is 11.5 Å². The average Bonchev–Trinajstić information content (AvgIpc) is 2.43. The Balaban J connectivity index is 2.41. The molecule has 1 rings (SSSR count). The number of esters is 1. The van der Waals surface area contributed by atoms with Crippen LogP contribution in [-0.4, -0.2) is 31.2 Å². The molecule has 1 atom stereocenters. The van der Waals surface area contributed by atoms with Gasteiger partial charge in [0.05, 0.1) is 13.7 Å². The van der Waals surface area contributed by atoms with Gasteiger partial charge in [-0.25, -0.2) is 9.36 Å². The molecular formula is C12H15O7P. The van der Waals surface area contributed by atoms with Gasteiger partial charge in [0.15, 0.2) is 0 Å². The van der Waals surface area contributed by atoms with Gasteiger partial charge in [0.2, 0.25) is 0 Å². The van der Waals surface area contributed by atoms with Gasteiger partial charge in [-0.15, -0.1) is 0 Å². The number of hydrogen-bond donors (Lipinski definition) is 1. The maximum atomic E-state index is 11.6. The third-order valence-electron chi connectivity index (χ3n) is 2.03. The van der Waals surface area contributed by atoms with Crippen molar-refractivity contribution in [3.8, 4) is 11.5 Å². The summed E-state index contributed by atoms with van der Waals surface area (Å²) < 4.78 is 30.5. The van der Waals surface area contributed by atoms with Crippen molar-refractivity contribution >= 4 is 13.8 Å². The van der Waals surface area contributed by atoms with E-state index in [1.807, 2.05) is 0 Å². The molecule has 110 valence electrons. The topological polar surface area (TPSA) is 91.3 Å². The lowest BCUT2D eigenvalue weighted by Gasteiger charge is -2.13. The van der Waals surface area contributed by atoms with Crippen LogP contribution < -0.4 is 9.26 Å². The fraction of sp³-hybridized carbons (Fsp3) is 0.250. The summed E-state index contributed by atoms with van der Waals surface area (Å²) in [4.78, 5) is 20.2. The van der Waals surface area contributed by atoms with Gasteiger partial charge in [0.1, 0.15) is 18.1 Å². The van der Waals surface area contributed by atoms with E-state index in [-0.39, 0.29) is 19.0 Å². The number of methoxy groups -OCH3 is 1. The summed E-state index contributed by atoms with van der Waals surface area (Å²) in [6.07, 6.45) is 0.979. The van der Waals surface area contributed by atoms with E-state index in [0.29, 0.717) is 5.75 Å². The maximum Gasteiger partial charge on any atom is 0.527 e. The van der Waals surface area contributed by atoms with Crippen LogP contribution in [0.1, 0.15) is 0 Å². The molecule has 1 aromatic carbocycles. The molecular weight excluding hydrogens is 287 g/mol. The minimum atomic E-state index is -4.26. The number of phosphoric ester groups is 1. The van der Waals surface area contributed by atoms with Crippen molar-refractivity contribution in [3.63, 3.8) is 0 Å². The Morgan fingerprint density at radius 1 is 1.30 bits per heavy atom. The predicted octanol–water partition coefficient (Wildman–Crippen LogP) is 1.92.